The second-order valence-electron chi connectivity index (χ2n) is 6.77. The second-order valence-corrected chi connectivity index (χ2v) is 7.17. The molecule has 0 aliphatic rings. The van der Waals surface area contributed by atoms with E-state index in [1.807, 2.05) is 61.5 Å². The Hall–Kier alpha value is -2.91. The second kappa shape index (κ2) is 9.34. The summed E-state index contributed by atoms with van der Waals surface area (Å²) in [6.07, 6.45) is 0.703. The van der Waals surface area contributed by atoms with Crippen LogP contribution in [0.3, 0.4) is 0 Å². The standard InChI is InChI=1S/C24H22ClNO2/c1-17-9-5-6-12-19(17)16-23(27)22(15-18-10-3-2-4-11-18)26-24(28)20-13-7-8-14-21(20)25/h2-14,22H,15-16H2,1H3,(H,26,28). The Morgan fingerprint density at radius 3 is 2.25 bits per heavy atom. The predicted octanol–water partition coefficient (Wildman–Crippen LogP) is 4.80. The van der Waals surface area contributed by atoms with Crippen LogP contribution in [0.4, 0.5) is 0 Å². The molecule has 0 radical (unpaired) electrons. The number of ketones is 1. The Morgan fingerprint density at radius 2 is 1.54 bits per heavy atom. The zero-order chi connectivity index (χ0) is 19.9. The molecule has 0 saturated heterocycles. The first kappa shape index (κ1) is 19.8. The van der Waals surface area contributed by atoms with Crippen molar-refractivity contribution in [2.75, 3.05) is 0 Å². The van der Waals surface area contributed by atoms with Crippen molar-refractivity contribution in [2.24, 2.45) is 0 Å². The lowest BCUT2D eigenvalue weighted by Gasteiger charge is -2.19. The highest BCUT2D eigenvalue weighted by Crippen LogP contribution is 2.16. The molecule has 1 atom stereocenters. The third-order valence-electron chi connectivity index (χ3n) is 4.72. The molecule has 0 spiro atoms. The minimum absolute atomic E-state index is 0.0291. The first-order valence-corrected chi connectivity index (χ1v) is 9.59. The van der Waals surface area contributed by atoms with Crippen LogP contribution in [0.5, 0.6) is 0 Å². The molecular weight excluding hydrogens is 370 g/mol. The molecule has 3 aromatic rings. The molecule has 0 aromatic heterocycles. The summed E-state index contributed by atoms with van der Waals surface area (Å²) < 4.78 is 0. The number of carbonyl (C=O) groups is 2. The highest BCUT2D eigenvalue weighted by Gasteiger charge is 2.23. The van der Waals surface area contributed by atoms with Gasteiger partial charge in [-0.2, -0.15) is 0 Å². The number of halogens is 1. The van der Waals surface area contributed by atoms with Crippen molar-refractivity contribution in [3.63, 3.8) is 0 Å². The lowest BCUT2D eigenvalue weighted by Crippen LogP contribution is -2.43. The average molecular weight is 392 g/mol. The highest BCUT2D eigenvalue weighted by molar-refractivity contribution is 6.33. The molecular formula is C24H22ClNO2. The van der Waals surface area contributed by atoms with Crippen LogP contribution in [0.1, 0.15) is 27.0 Å². The van der Waals surface area contributed by atoms with Crippen molar-refractivity contribution in [3.8, 4) is 0 Å². The van der Waals surface area contributed by atoms with Crippen LogP contribution in [-0.2, 0) is 17.6 Å². The molecule has 3 nitrogen and oxygen atoms in total. The minimum Gasteiger partial charge on any atom is -0.342 e. The molecule has 1 amide bonds. The Labute approximate surface area is 170 Å². The minimum atomic E-state index is -0.634. The quantitative estimate of drug-likeness (QED) is 0.628. The summed E-state index contributed by atoms with van der Waals surface area (Å²) in [5.41, 5.74) is 3.39. The van der Waals surface area contributed by atoms with Crippen LogP contribution < -0.4 is 5.32 Å². The Kier molecular flexibility index (Phi) is 6.62. The summed E-state index contributed by atoms with van der Waals surface area (Å²) >= 11 is 6.15. The molecule has 1 unspecified atom stereocenters. The molecule has 0 saturated carbocycles. The van der Waals surface area contributed by atoms with Gasteiger partial charge < -0.3 is 5.32 Å². The number of aryl methyl sites for hydroxylation is 1. The van der Waals surface area contributed by atoms with Crippen molar-refractivity contribution in [1.29, 1.82) is 0 Å². The van der Waals surface area contributed by atoms with Gasteiger partial charge >= 0.3 is 0 Å². The van der Waals surface area contributed by atoms with Crippen LogP contribution in [0.25, 0.3) is 0 Å². The van der Waals surface area contributed by atoms with E-state index in [4.69, 9.17) is 11.6 Å². The number of hydrogen-bond acceptors (Lipinski definition) is 2. The van der Waals surface area contributed by atoms with Crippen molar-refractivity contribution >= 4 is 23.3 Å². The van der Waals surface area contributed by atoms with Crippen LogP contribution in [-0.4, -0.2) is 17.7 Å². The lowest BCUT2D eigenvalue weighted by molar-refractivity contribution is -0.120. The highest BCUT2D eigenvalue weighted by atomic mass is 35.5. The van der Waals surface area contributed by atoms with Gasteiger partial charge in [-0.3, -0.25) is 9.59 Å². The zero-order valence-corrected chi connectivity index (χ0v) is 16.4. The smallest absolute Gasteiger partial charge is 0.253 e. The summed E-state index contributed by atoms with van der Waals surface area (Å²) in [5.74, 6) is -0.372. The number of hydrogen-bond donors (Lipinski definition) is 1. The van der Waals surface area contributed by atoms with Crippen LogP contribution >= 0.6 is 11.6 Å². The topological polar surface area (TPSA) is 46.2 Å². The third kappa shape index (κ3) is 5.08. The van der Waals surface area contributed by atoms with Crippen molar-refractivity contribution < 1.29 is 9.59 Å². The fraction of sp³-hybridized carbons (Fsp3) is 0.167. The van der Waals surface area contributed by atoms with Gasteiger partial charge in [-0.25, -0.2) is 0 Å². The summed E-state index contributed by atoms with van der Waals surface area (Å²) in [6, 6.07) is 23.7. The van der Waals surface area contributed by atoms with Crippen LogP contribution in [0.2, 0.25) is 5.02 Å². The van der Waals surface area contributed by atoms with Gasteiger partial charge in [-0.1, -0.05) is 78.3 Å². The van der Waals surface area contributed by atoms with E-state index in [1.54, 1.807) is 24.3 Å². The summed E-state index contributed by atoms with van der Waals surface area (Å²) in [6.45, 7) is 1.98. The maximum absolute atomic E-state index is 13.1. The first-order valence-electron chi connectivity index (χ1n) is 9.21. The maximum atomic E-state index is 13.1. The molecule has 142 valence electrons. The Bertz CT molecular complexity index is 969. The SMILES string of the molecule is Cc1ccccc1CC(=O)C(Cc1ccccc1)NC(=O)c1ccccc1Cl. The van der Waals surface area contributed by atoms with Crippen LogP contribution in [0, 0.1) is 6.92 Å². The summed E-state index contributed by atoms with van der Waals surface area (Å²) in [7, 11) is 0. The van der Waals surface area contributed by atoms with E-state index in [0.29, 0.717) is 17.0 Å². The van der Waals surface area contributed by atoms with E-state index in [9.17, 15) is 9.59 Å². The molecule has 0 aliphatic carbocycles. The summed E-state index contributed by atoms with van der Waals surface area (Å²) in [5, 5.41) is 3.25. The average Bonchev–Trinajstić information content (AvgIpc) is 2.70. The van der Waals surface area contributed by atoms with E-state index >= 15 is 0 Å². The van der Waals surface area contributed by atoms with Crippen molar-refractivity contribution in [1.82, 2.24) is 5.32 Å². The van der Waals surface area contributed by atoms with Gasteiger partial charge in [0.2, 0.25) is 0 Å². The van der Waals surface area contributed by atoms with Gasteiger partial charge in [0.15, 0.2) is 5.78 Å². The van der Waals surface area contributed by atoms with E-state index in [1.165, 1.54) is 0 Å². The fourth-order valence-electron chi connectivity index (χ4n) is 3.10. The molecule has 4 heteroatoms. The maximum Gasteiger partial charge on any atom is 0.253 e. The number of amides is 1. The predicted molar refractivity (Wildman–Crippen MR) is 113 cm³/mol. The van der Waals surface area contributed by atoms with E-state index < -0.39 is 6.04 Å². The molecule has 0 bridgehead atoms. The Balaban J connectivity index is 1.82. The number of rotatable bonds is 7. The van der Waals surface area contributed by atoms with Gasteiger partial charge in [0, 0.05) is 6.42 Å². The van der Waals surface area contributed by atoms with Gasteiger partial charge in [-0.15, -0.1) is 0 Å². The van der Waals surface area contributed by atoms with E-state index in [2.05, 4.69) is 5.32 Å². The largest absolute Gasteiger partial charge is 0.342 e. The monoisotopic (exact) mass is 391 g/mol. The molecule has 1 N–H and O–H groups in total. The number of carbonyl (C=O) groups excluding carboxylic acids is 2. The molecule has 0 heterocycles. The van der Waals surface area contributed by atoms with Gasteiger partial charge in [-0.05, 0) is 42.2 Å². The van der Waals surface area contributed by atoms with E-state index in [-0.39, 0.29) is 18.1 Å². The van der Waals surface area contributed by atoms with Crippen LogP contribution in [0.15, 0.2) is 78.9 Å². The lowest BCUT2D eigenvalue weighted by atomic mass is 9.95. The van der Waals surface area contributed by atoms with Crippen molar-refractivity contribution in [3.05, 3.63) is 106 Å². The molecule has 0 fully saturated rings. The number of nitrogens with one attached hydrogen (secondary N) is 1. The first-order chi connectivity index (χ1) is 13.5. The van der Waals surface area contributed by atoms with Crippen molar-refractivity contribution in [2.45, 2.75) is 25.8 Å². The number of Topliss-reactive ketones (excluding diaryl/α,β-unsaturated/α-hetero) is 1. The molecule has 28 heavy (non-hydrogen) atoms. The van der Waals surface area contributed by atoms with Gasteiger partial charge in [0.05, 0.1) is 16.6 Å². The fourth-order valence-corrected chi connectivity index (χ4v) is 3.32. The Morgan fingerprint density at radius 1 is 0.893 bits per heavy atom. The summed E-state index contributed by atoms with van der Waals surface area (Å²) in [4.78, 5) is 25.8. The molecule has 0 aliphatic heterocycles. The number of benzene rings is 3. The van der Waals surface area contributed by atoms with Gasteiger partial charge in [0.25, 0.3) is 5.91 Å². The zero-order valence-electron chi connectivity index (χ0n) is 15.7. The van der Waals surface area contributed by atoms with E-state index in [0.717, 1.165) is 16.7 Å². The van der Waals surface area contributed by atoms with Gasteiger partial charge in [0.1, 0.15) is 0 Å². The normalized spacial score (nSPS) is 11.6. The molecule has 3 aromatic carbocycles. The molecule has 3 rings (SSSR count). The third-order valence-corrected chi connectivity index (χ3v) is 5.05.